The van der Waals surface area contributed by atoms with Gasteiger partial charge in [-0.2, -0.15) is 0 Å². The number of primary sulfonamides is 1. The van der Waals surface area contributed by atoms with Crippen molar-refractivity contribution in [2.24, 2.45) is 5.14 Å². The van der Waals surface area contributed by atoms with Crippen LogP contribution in [0.1, 0.15) is 49.4 Å². The van der Waals surface area contributed by atoms with Gasteiger partial charge in [0.1, 0.15) is 0 Å². The van der Waals surface area contributed by atoms with Crippen LogP contribution in [0, 0.1) is 0 Å². The van der Waals surface area contributed by atoms with E-state index in [1.165, 1.54) is 17.7 Å². The molecule has 0 bridgehead atoms. The van der Waals surface area contributed by atoms with Crippen molar-refractivity contribution in [2.75, 3.05) is 7.05 Å². The molecule has 6 heteroatoms. The van der Waals surface area contributed by atoms with Gasteiger partial charge in [0.15, 0.2) is 0 Å². The summed E-state index contributed by atoms with van der Waals surface area (Å²) in [5.74, 6) is 0.336. The Morgan fingerprint density at radius 1 is 0.963 bits per heavy atom. The summed E-state index contributed by atoms with van der Waals surface area (Å²) in [5.41, 5.74) is 3.05. The van der Waals surface area contributed by atoms with Crippen molar-refractivity contribution >= 4 is 22.0 Å². The molecular formula is C21H26N2O3S. The molecule has 2 rings (SSSR count). The zero-order chi connectivity index (χ0) is 20.2. The minimum Gasteiger partial charge on any atom is -0.335 e. The fourth-order valence-corrected chi connectivity index (χ4v) is 3.14. The van der Waals surface area contributed by atoms with E-state index in [-0.39, 0.29) is 16.8 Å². The predicted molar refractivity (Wildman–Crippen MR) is 109 cm³/mol. The summed E-state index contributed by atoms with van der Waals surface area (Å²) < 4.78 is 22.7. The van der Waals surface area contributed by atoms with E-state index in [1.807, 2.05) is 19.1 Å². The van der Waals surface area contributed by atoms with Crippen LogP contribution < -0.4 is 5.14 Å². The number of carbonyl (C=O) groups is 1. The van der Waals surface area contributed by atoms with E-state index in [2.05, 4.69) is 26.0 Å². The molecule has 0 aliphatic heterocycles. The Bertz CT molecular complexity index is 915. The molecular weight excluding hydrogens is 360 g/mol. The largest absolute Gasteiger partial charge is 0.335 e. The van der Waals surface area contributed by atoms with Crippen LogP contribution in [0.2, 0.25) is 0 Å². The lowest BCUT2D eigenvalue weighted by molar-refractivity contribution is -0.126. The maximum Gasteiger partial charge on any atom is 0.246 e. The first-order valence-electron chi connectivity index (χ1n) is 8.77. The van der Waals surface area contributed by atoms with Crippen LogP contribution in [0.4, 0.5) is 0 Å². The topological polar surface area (TPSA) is 80.5 Å². The monoisotopic (exact) mass is 386 g/mol. The van der Waals surface area contributed by atoms with Crippen LogP contribution in [-0.2, 0) is 14.8 Å². The molecule has 2 N–H and O–H groups in total. The van der Waals surface area contributed by atoms with Crippen molar-refractivity contribution in [3.05, 3.63) is 71.3 Å². The summed E-state index contributed by atoms with van der Waals surface area (Å²) in [6.45, 7) is 6.16. The number of sulfonamides is 1. The summed E-state index contributed by atoms with van der Waals surface area (Å²) in [6.07, 6.45) is 3.33. The highest BCUT2D eigenvalue weighted by molar-refractivity contribution is 7.89. The van der Waals surface area contributed by atoms with Crippen LogP contribution >= 0.6 is 0 Å². The van der Waals surface area contributed by atoms with Crippen molar-refractivity contribution in [1.29, 1.82) is 0 Å². The van der Waals surface area contributed by atoms with E-state index in [0.29, 0.717) is 5.92 Å². The first kappa shape index (κ1) is 20.9. The molecule has 0 heterocycles. The number of hydrogen-bond donors (Lipinski definition) is 1. The lowest BCUT2D eigenvalue weighted by atomic mass is 10.0. The van der Waals surface area contributed by atoms with Gasteiger partial charge in [0.2, 0.25) is 15.9 Å². The van der Waals surface area contributed by atoms with Gasteiger partial charge in [-0.05, 0) is 47.7 Å². The van der Waals surface area contributed by atoms with E-state index in [0.717, 1.165) is 11.1 Å². The highest BCUT2D eigenvalue weighted by atomic mass is 32.2. The smallest absolute Gasteiger partial charge is 0.246 e. The second-order valence-electron chi connectivity index (χ2n) is 6.89. The molecule has 144 valence electrons. The molecule has 1 unspecified atom stereocenters. The molecule has 0 saturated carbocycles. The molecule has 0 fully saturated rings. The quantitative estimate of drug-likeness (QED) is 0.769. The third-order valence-corrected chi connectivity index (χ3v) is 5.57. The summed E-state index contributed by atoms with van der Waals surface area (Å²) in [6, 6.07) is 14.1. The maximum atomic E-state index is 12.5. The summed E-state index contributed by atoms with van der Waals surface area (Å²) in [5, 5.41) is 5.11. The van der Waals surface area contributed by atoms with Crippen LogP contribution in [0.15, 0.2) is 59.5 Å². The average molecular weight is 387 g/mol. The Balaban J connectivity index is 2.07. The number of benzene rings is 2. The normalized spacial score (nSPS) is 13.1. The molecule has 1 amide bonds. The standard InChI is InChI=1S/C21H26N2O3S/c1-15(2)18-8-5-17(6-9-18)7-14-21(24)23(4)16(3)19-10-12-20(13-11-19)27(22,25)26/h5-16H,1-4H3,(H2,22,25,26)/b14-7+. The van der Waals surface area contributed by atoms with Gasteiger partial charge < -0.3 is 4.90 Å². The molecule has 1 atom stereocenters. The third kappa shape index (κ3) is 5.52. The molecule has 2 aromatic carbocycles. The number of amides is 1. The Hall–Kier alpha value is -2.44. The average Bonchev–Trinajstić information content (AvgIpc) is 2.64. The highest BCUT2D eigenvalue weighted by Gasteiger charge is 2.16. The van der Waals surface area contributed by atoms with Crippen molar-refractivity contribution in [2.45, 2.75) is 37.6 Å². The van der Waals surface area contributed by atoms with Crippen LogP contribution in [0.25, 0.3) is 6.08 Å². The van der Waals surface area contributed by atoms with Gasteiger partial charge >= 0.3 is 0 Å². The zero-order valence-corrected chi connectivity index (χ0v) is 16.9. The number of carbonyl (C=O) groups excluding carboxylic acids is 1. The Labute approximate surface area is 161 Å². The molecule has 0 radical (unpaired) electrons. The number of hydrogen-bond acceptors (Lipinski definition) is 3. The van der Waals surface area contributed by atoms with Gasteiger partial charge in [-0.3, -0.25) is 4.79 Å². The molecule has 27 heavy (non-hydrogen) atoms. The zero-order valence-electron chi connectivity index (χ0n) is 16.1. The van der Waals surface area contributed by atoms with Gasteiger partial charge in [-0.1, -0.05) is 50.2 Å². The van der Waals surface area contributed by atoms with Crippen molar-refractivity contribution in [3.63, 3.8) is 0 Å². The van der Waals surface area contributed by atoms with Crippen molar-refractivity contribution in [1.82, 2.24) is 4.90 Å². The molecule has 0 aromatic heterocycles. The lowest BCUT2D eigenvalue weighted by Crippen LogP contribution is -2.28. The van der Waals surface area contributed by atoms with Gasteiger partial charge in [0.05, 0.1) is 10.9 Å². The Morgan fingerprint density at radius 3 is 1.96 bits per heavy atom. The van der Waals surface area contributed by atoms with E-state index < -0.39 is 10.0 Å². The van der Waals surface area contributed by atoms with Crippen LogP contribution in [0.5, 0.6) is 0 Å². The molecule has 0 saturated heterocycles. The van der Waals surface area contributed by atoms with Gasteiger partial charge in [-0.15, -0.1) is 0 Å². The lowest BCUT2D eigenvalue weighted by Gasteiger charge is -2.24. The summed E-state index contributed by atoms with van der Waals surface area (Å²) in [4.78, 5) is 14.1. The van der Waals surface area contributed by atoms with Gasteiger partial charge in [0.25, 0.3) is 0 Å². The molecule has 0 spiro atoms. The summed E-state index contributed by atoms with van der Waals surface area (Å²) >= 11 is 0. The predicted octanol–water partition coefficient (Wildman–Crippen LogP) is 3.69. The van der Waals surface area contributed by atoms with Gasteiger partial charge in [0, 0.05) is 13.1 Å². The van der Waals surface area contributed by atoms with Crippen LogP contribution in [0.3, 0.4) is 0 Å². The SMILES string of the molecule is CC(C)c1ccc(/C=C/C(=O)N(C)C(C)c2ccc(S(N)(=O)=O)cc2)cc1. The van der Waals surface area contributed by atoms with Crippen LogP contribution in [-0.4, -0.2) is 26.3 Å². The fraction of sp³-hybridized carbons (Fsp3) is 0.286. The van der Waals surface area contributed by atoms with Gasteiger partial charge in [-0.25, -0.2) is 13.6 Å². The second-order valence-corrected chi connectivity index (χ2v) is 8.46. The number of rotatable bonds is 6. The molecule has 2 aromatic rings. The highest BCUT2D eigenvalue weighted by Crippen LogP contribution is 2.21. The Morgan fingerprint density at radius 2 is 1.48 bits per heavy atom. The molecule has 0 aliphatic rings. The van der Waals surface area contributed by atoms with Crippen molar-refractivity contribution in [3.8, 4) is 0 Å². The molecule has 5 nitrogen and oxygen atoms in total. The second kappa shape index (κ2) is 8.50. The van der Waals surface area contributed by atoms with E-state index in [9.17, 15) is 13.2 Å². The van der Waals surface area contributed by atoms with E-state index in [1.54, 1.807) is 36.2 Å². The first-order valence-corrected chi connectivity index (χ1v) is 10.3. The fourth-order valence-electron chi connectivity index (χ4n) is 2.63. The summed E-state index contributed by atoms with van der Waals surface area (Å²) in [7, 11) is -2.01. The maximum absolute atomic E-state index is 12.5. The molecule has 0 aliphatic carbocycles. The van der Waals surface area contributed by atoms with E-state index in [4.69, 9.17) is 5.14 Å². The van der Waals surface area contributed by atoms with Crippen molar-refractivity contribution < 1.29 is 13.2 Å². The van der Waals surface area contributed by atoms with E-state index >= 15 is 0 Å². The number of nitrogens with two attached hydrogens (primary N) is 1. The number of nitrogens with zero attached hydrogens (tertiary/aromatic N) is 1. The minimum absolute atomic E-state index is 0.0529. The Kier molecular flexibility index (Phi) is 6.57. The first-order chi connectivity index (χ1) is 12.6. The third-order valence-electron chi connectivity index (χ3n) is 4.64. The minimum atomic E-state index is -3.72. The number of likely N-dealkylation sites (N-methyl/N-ethyl adjacent to an activating group) is 1.